The minimum Gasteiger partial charge on any atom is -0.372 e. The number of hydrogen-bond donors (Lipinski definition) is 0. The molecule has 20 heavy (non-hydrogen) atoms. The molecule has 0 bridgehead atoms. The molecule has 2 rings (SSSR count). The molecular formula is C12H18N4O4. The molecule has 1 aliphatic rings. The van der Waals surface area contributed by atoms with Crippen LogP contribution in [0.4, 0.5) is 5.69 Å². The van der Waals surface area contributed by atoms with Gasteiger partial charge in [-0.25, -0.2) is 0 Å². The van der Waals surface area contributed by atoms with Crippen LogP contribution in [0.15, 0.2) is 0 Å². The fraction of sp³-hybridized carbons (Fsp3) is 0.667. The van der Waals surface area contributed by atoms with Gasteiger partial charge in [-0.15, -0.1) is 0 Å². The lowest BCUT2D eigenvalue weighted by molar-refractivity contribution is -0.385. The molecule has 1 aromatic rings. The van der Waals surface area contributed by atoms with Crippen LogP contribution in [0.5, 0.6) is 0 Å². The van der Waals surface area contributed by atoms with Crippen molar-refractivity contribution >= 4 is 11.6 Å². The molecule has 0 radical (unpaired) electrons. The first-order valence-electron chi connectivity index (χ1n) is 6.44. The predicted octanol–water partition coefficient (Wildman–Crippen LogP) is 0.886. The van der Waals surface area contributed by atoms with Crippen LogP contribution in [-0.4, -0.2) is 50.8 Å². The zero-order valence-electron chi connectivity index (χ0n) is 12.0. The highest BCUT2D eigenvalue weighted by molar-refractivity contribution is 5.96. The third-order valence-corrected chi connectivity index (χ3v) is 3.39. The molecule has 2 atom stereocenters. The Labute approximate surface area is 116 Å². The monoisotopic (exact) mass is 282 g/mol. The first-order chi connectivity index (χ1) is 9.31. The minimum absolute atomic E-state index is 0.0911. The van der Waals surface area contributed by atoms with Gasteiger partial charge in [-0.1, -0.05) is 0 Å². The van der Waals surface area contributed by atoms with E-state index in [2.05, 4.69) is 5.10 Å². The molecule has 8 nitrogen and oxygen atoms in total. The average molecular weight is 282 g/mol. The van der Waals surface area contributed by atoms with E-state index >= 15 is 0 Å². The number of carbonyl (C=O) groups excluding carboxylic acids is 1. The van der Waals surface area contributed by atoms with E-state index in [9.17, 15) is 14.9 Å². The van der Waals surface area contributed by atoms with Gasteiger partial charge in [-0.3, -0.25) is 19.6 Å². The molecule has 1 aliphatic heterocycles. The third-order valence-electron chi connectivity index (χ3n) is 3.39. The summed E-state index contributed by atoms with van der Waals surface area (Å²) >= 11 is 0. The maximum atomic E-state index is 12.5. The fourth-order valence-electron chi connectivity index (χ4n) is 2.45. The highest BCUT2D eigenvalue weighted by atomic mass is 16.6. The maximum absolute atomic E-state index is 12.5. The normalized spacial score (nSPS) is 22.9. The van der Waals surface area contributed by atoms with Gasteiger partial charge >= 0.3 is 5.69 Å². The van der Waals surface area contributed by atoms with Gasteiger partial charge in [0.15, 0.2) is 0 Å². The number of hydrogen-bond acceptors (Lipinski definition) is 5. The highest BCUT2D eigenvalue weighted by Crippen LogP contribution is 2.24. The second-order valence-electron chi connectivity index (χ2n) is 5.13. The molecule has 0 spiro atoms. The molecule has 1 amide bonds. The van der Waals surface area contributed by atoms with E-state index in [0.717, 1.165) is 0 Å². The minimum atomic E-state index is -0.553. The van der Waals surface area contributed by atoms with Crippen molar-refractivity contribution in [2.45, 2.75) is 33.0 Å². The predicted molar refractivity (Wildman–Crippen MR) is 70.5 cm³/mol. The summed E-state index contributed by atoms with van der Waals surface area (Å²) in [4.78, 5) is 24.6. The fourth-order valence-corrected chi connectivity index (χ4v) is 2.45. The lowest BCUT2D eigenvalue weighted by atomic mass is 10.2. The van der Waals surface area contributed by atoms with E-state index in [0.29, 0.717) is 18.8 Å². The molecule has 1 saturated heterocycles. The molecule has 0 N–H and O–H groups in total. The maximum Gasteiger partial charge on any atom is 0.322 e. The summed E-state index contributed by atoms with van der Waals surface area (Å²) in [5.74, 6) is -0.414. The van der Waals surface area contributed by atoms with Gasteiger partial charge in [-0.2, -0.15) is 5.10 Å². The zero-order chi connectivity index (χ0) is 15.0. The number of aromatic nitrogens is 2. The largest absolute Gasteiger partial charge is 0.372 e. The van der Waals surface area contributed by atoms with Crippen LogP contribution in [0.25, 0.3) is 0 Å². The Kier molecular flexibility index (Phi) is 3.76. The van der Waals surface area contributed by atoms with Crippen molar-refractivity contribution < 1.29 is 14.5 Å². The van der Waals surface area contributed by atoms with E-state index in [1.54, 1.807) is 18.9 Å². The van der Waals surface area contributed by atoms with E-state index < -0.39 is 10.8 Å². The first kappa shape index (κ1) is 14.4. The number of carbonyl (C=O) groups is 1. The van der Waals surface area contributed by atoms with Crippen molar-refractivity contribution in [2.75, 3.05) is 13.1 Å². The Morgan fingerprint density at radius 1 is 1.40 bits per heavy atom. The first-order valence-corrected chi connectivity index (χ1v) is 6.44. The van der Waals surface area contributed by atoms with E-state index in [4.69, 9.17) is 4.74 Å². The van der Waals surface area contributed by atoms with Crippen molar-refractivity contribution in [3.8, 4) is 0 Å². The summed E-state index contributed by atoms with van der Waals surface area (Å²) in [6, 6.07) is 0. The van der Waals surface area contributed by atoms with Crippen molar-refractivity contribution in [1.82, 2.24) is 14.7 Å². The van der Waals surface area contributed by atoms with Crippen LogP contribution in [0.2, 0.25) is 0 Å². The van der Waals surface area contributed by atoms with Gasteiger partial charge < -0.3 is 9.64 Å². The van der Waals surface area contributed by atoms with Crippen molar-refractivity contribution in [2.24, 2.45) is 7.05 Å². The second kappa shape index (κ2) is 5.20. The highest BCUT2D eigenvalue weighted by Gasteiger charge is 2.34. The van der Waals surface area contributed by atoms with Crippen LogP contribution in [0, 0.1) is 17.0 Å². The molecule has 0 unspecified atom stereocenters. The number of amides is 1. The number of morpholine rings is 1. The second-order valence-corrected chi connectivity index (χ2v) is 5.13. The number of ether oxygens (including phenoxy) is 1. The average Bonchev–Trinajstić information content (AvgIpc) is 2.63. The Balaban J connectivity index is 2.34. The summed E-state index contributed by atoms with van der Waals surface area (Å²) in [5.41, 5.74) is 0.0494. The number of nitrogens with zero attached hydrogens (tertiary/aromatic N) is 4. The van der Waals surface area contributed by atoms with Gasteiger partial charge in [0, 0.05) is 20.1 Å². The standard InChI is InChI=1S/C12H18N4O4/c1-7-5-15(6-8(2)20-7)12(17)10-11(16(18)19)9(3)14(4)13-10/h7-8H,5-6H2,1-4H3/t7-,8+. The lowest BCUT2D eigenvalue weighted by Crippen LogP contribution is -2.48. The number of nitro groups is 1. The smallest absolute Gasteiger partial charge is 0.322 e. The Bertz CT molecular complexity index is 544. The molecule has 2 heterocycles. The quantitative estimate of drug-likeness (QED) is 0.593. The SMILES string of the molecule is Cc1c([N+](=O)[O-])c(C(=O)N2C[C@@H](C)O[C@@H](C)C2)nn1C. The Morgan fingerprint density at radius 3 is 2.45 bits per heavy atom. The van der Waals surface area contributed by atoms with Gasteiger partial charge in [0.2, 0.25) is 5.69 Å². The van der Waals surface area contributed by atoms with Crippen LogP contribution in [-0.2, 0) is 11.8 Å². The molecular weight excluding hydrogens is 264 g/mol. The molecule has 0 aliphatic carbocycles. The van der Waals surface area contributed by atoms with E-state index in [1.807, 2.05) is 13.8 Å². The summed E-state index contributed by atoms with van der Waals surface area (Å²) in [6.07, 6.45) is -0.182. The topological polar surface area (TPSA) is 90.5 Å². The molecule has 0 aromatic carbocycles. The summed E-state index contributed by atoms with van der Waals surface area (Å²) in [6.45, 7) is 6.14. The van der Waals surface area contributed by atoms with Gasteiger partial charge in [0.1, 0.15) is 5.69 Å². The van der Waals surface area contributed by atoms with Crippen molar-refractivity contribution in [1.29, 1.82) is 0 Å². The van der Waals surface area contributed by atoms with Crippen LogP contribution in [0.3, 0.4) is 0 Å². The zero-order valence-corrected chi connectivity index (χ0v) is 12.0. The lowest BCUT2D eigenvalue weighted by Gasteiger charge is -2.34. The van der Waals surface area contributed by atoms with Crippen LogP contribution in [0.1, 0.15) is 30.0 Å². The van der Waals surface area contributed by atoms with Crippen LogP contribution < -0.4 is 0 Å². The van der Waals surface area contributed by atoms with E-state index in [1.165, 1.54) is 4.68 Å². The molecule has 110 valence electrons. The Hall–Kier alpha value is -1.96. The summed E-state index contributed by atoms with van der Waals surface area (Å²) in [7, 11) is 1.59. The Morgan fingerprint density at radius 2 is 1.95 bits per heavy atom. The molecule has 1 fully saturated rings. The number of aryl methyl sites for hydroxylation is 1. The molecule has 0 saturated carbocycles. The summed E-state index contributed by atoms with van der Waals surface area (Å²) < 4.78 is 6.92. The van der Waals surface area contributed by atoms with Gasteiger partial charge in [0.25, 0.3) is 5.91 Å². The van der Waals surface area contributed by atoms with Gasteiger partial charge in [0.05, 0.1) is 17.1 Å². The summed E-state index contributed by atoms with van der Waals surface area (Å²) in [5, 5.41) is 15.1. The third kappa shape index (κ3) is 2.51. The van der Waals surface area contributed by atoms with Crippen LogP contribution >= 0.6 is 0 Å². The van der Waals surface area contributed by atoms with Crippen molar-refractivity contribution in [3.05, 3.63) is 21.5 Å². The molecule has 1 aromatic heterocycles. The van der Waals surface area contributed by atoms with Crippen molar-refractivity contribution in [3.63, 3.8) is 0 Å². The van der Waals surface area contributed by atoms with E-state index in [-0.39, 0.29) is 23.6 Å². The van der Waals surface area contributed by atoms with Gasteiger partial charge in [-0.05, 0) is 20.8 Å². The molecule has 8 heteroatoms. The number of rotatable bonds is 2.